The smallest absolute Gasteiger partial charge is 0.240 e. The number of nitrogens with one attached hydrogen (secondary N) is 1. The van der Waals surface area contributed by atoms with Crippen LogP contribution in [0.4, 0.5) is 0 Å². The van der Waals surface area contributed by atoms with Crippen LogP contribution in [0.1, 0.15) is 72.1 Å². The summed E-state index contributed by atoms with van der Waals surface area (Å²) >= 11 is 0. The summed E-state index contributed by atoms with van der Waals surface area (Å²) in [6.07, 6.45) is 13.1. The van der Waals surface area contributed by atoms with E-state index < -0.39 is 0 Å². The molecule has 116 valence electrons. The molecule has 3 heteroatoms. The van der Waals surface area contributed by atoms with Gasteiger partial charge in [0.15, 0.2) is 0 Å². The summed E-state index contributed by atoms with van der Waals surface area (Å²) in [5.41, 5.74) is 0. The lowest BCUT2D eigenvalue weighted by Gasteiger charge is -2.49. The predicted octanol–water partition coefficient (Wildman–Crippen LogP) is 3.69. The summed E-state index contributed by atoms with van der Waals surface area (Å²) in [5.74, 6) is 0. The van der Waals surface area contributed by atoms with Gasteiger partial charge in [-0.05, 0) is 32.6 Å². The third kappa shape index (κ3) is 3.09. The molecule has 4 unspecified atom stereocenters. The molecule has 0 amide bonds. The molecule has 20 heavy (non-hydrogen) atoms. The molecule has 2 aliphatic rings. The van der Waals surface area contributed by atoms with Crippen molar-refractivity contribution in [1.82, 2.24) is 5.32 Å². The van der Waals surface area contributed by atoms with E-state index in [1.807, 2.05) is 0 Å². The van der Waals surface area contributed by atoms with Gasteiger partial charge in [-0.2, -0.15) is 0 Å². The van der Waals surface area contributed by atoms with E-state index in [1.54, 1.807) is 0 Å². The minimum absolute atomic E-state index is 0.327. The minimum atomic E-state index is 0.327. The Hall–Kier alpha value is -0.410. The first kappa shape index (κ1) is 16.0. The van der Waals surface area contributed by atoms with Crippen LogP contribution in [0.3, 0.4) is 0 Å². The third-order valence-electron chi connectivity index (χ3n) is 5.58. The van der Waals surface area contributed by atoms with Crippen molar-refractivity contribution in [3.05, 3.63) is 0 Å². The average Bonchev–Trinajstić information content (AvgIpc) is 2.87. The van der Waals surface area contributed by atoms with Crippen molar-refractivity contribution in [2.45, 2.75) is 90.5 Å². The monoisotopic (exact) mass is 280 g/mol. The number of hydrogen-bond donors (Lipinski definition) is 1. The van der Waals surface area contributed by atoms with Gasteiger partial charge in [0, 0.05) is 25.6 Å². The van der Waals surface area contributed by atoms with Crippen LogP contribution >= 0.6 is 0 Å². The summed E-state index contributed by atoms with van der Waals surface area (Å²) in [7, 11) is 0. The van der Waals surface area contributed by atoms with Gasteiger partial charge in [-0.3, -0.25) is 4.48 Å². The fourth-order valence-electron chi connectivity index (χ4n) is 4.44. The van der Waals surface area contributed by atoms with E-state index in [9.17, 15) is 0 Å². The van der Waals surface area contributed by atoms with Gasteiger partial charge in [0.05, 0.1) is 18.6 Å². The van der Waals surface area contributed by atoms with Crippen molar-refractivity contribution in [2.24, 2.45) is 4.99 Å². The Morgan fingerprint density at radius 2 is 2.20 bits per heavy atom. The number of nitrogens with zero attached hydrogens (tertiary/aromatic N) is 2. The van der Waals surface area contributed by atoms with E-state index in [1.165, 1.54) is 56.0 Å². The van der Waals surface area contributed by atoms with E-state index in [4.69, 9.17) is 4.99 Å². The van der Waals surface area contributed by atoms with Crippen molar-refractivity contribution in [3.63, 3.8) is 0 Å². The topological polar surface area (TPSA) is 24.4 Å². The normalized spacial score (nSPS) is 35.4. The van der Waals surface area contributed by atoms with Gasteiger partial charge < -0.3 is 0 Å². The zero-order valence-corrected chi connectivity index (χ0v) is 13.8. The van der Waals surface area contributed by atoms with E-state index in [-0.39, 0.29) is 0 Å². The molecule has 2 rings (SSSR count). The highest BCUT2D eigenvalue weighted by atomic mass is 15.5. The molecule has 0 saturated carbocycles. The van der Waals surface area contributed by atoms with Gasteiger partial charge in [0.2, 0.25) is 6.29 Å². The molecule has 0 radical (unpaired) electrons. The second-order valence-electron chi connectivity index (χ2n) is 6.72. The van der Waals surface area contributed by atoms with Gasteiger partial charge in [-0.25, -0.2) is 10.3 Å². The highest BCUT2D eigenvalue weighted by Gasteiger charge is 2.49. The van der Waals surface area contributed by atoms with Crippen molar-refractivity contribution in [1.29, 1.82) is 0 Å². The quantitative estimate of drug-likeness (QED) is 0.558. The largest absolute Gasteiger partial charge is 0.285 e. The summed E-state index contributed by atoms with van der Waals surface area (Å²) in [6, 6.07) is 1.54. The first-order valence-corrected chi connectivity index (χ1v) is 8.87. The fraction of sp³-hybridized carbons (Fsp3) is 0.941. The van der Waals surface area contributed by atoms with E-state index in [2.05, 4.69) is 32.3 Å². The van der Waals surface area contributed by atoms with Crippen LogP contribution < -0.4 is 5.32 Å². The minimum Gasteiger partial charge on any atom is -0.285 e. The molecule has 1 saturated heterocycles. The standard InChI is InChI=1S/C17H34N3/c1-4-6-7-11-16(5-2)20(14-8-10-15(20)3)17-18-12-9-13-19-17/h12,15-17,19H,4-11,13-14H2,1-3H3/q+1. The van der Waals surface area contributed by atoms with E-state index in [0.29, 0.717) is 6.29 Å². The van der Waals surface area contributed by atoms with Gasteiger partial charge in [0.25, 0.3) is 0 Å². The maximum absolute atomic E-state index is 4.87. The second-order valence-corrected chi connectivity index (χ2v) is 6.72. The Morgan fingerprint density at radius 1 is 1.35 bits per heavy atom. The molecule has 4 atom stereocenters. The molecule has 1 fully saturated rings. The molecular formula is C17H34N3+. The van der Waals surface area contributed by atoms with Crippen LogP contribution in [-0.2, 0) is 0 Å². The van der Waals surface area contributed by atoms with Crippen LogP contribution in [0, 0.1) is 0 Å². The Bertz CT molecular complexity index is 315. The zero-order valence-electron chi connectivity index (χ0n) is 13.8. The van der Waals surface area contributed by atoms with E-state index in [0.717, 1.165) is 25.0 Å². The van der Waals surface area contributed by atoms with Crippen molar-refractivity contribution in [2.75, 3.05) is 13.1 Å². The highest BCUT2D eigenvalue weighted by Crippen LogP contribution is 2.37. The van der Waals surface area contributed by atoms with Gasteiger partial charge >= 0.3 is 0 Å². The van der Waals surface area contributed by atoms with Crippen LogP contribution in [0.2, 0.25) is 0 Å². The molecule has 0 aliphatic carbocycles. The lowest BCUT2D eigenvalue weighted by atomic mass is 10.00. The molecule has 0 bridgehead atoms. The maximum atomic E-state index is 4.87. The number of likely N-dealkylation sites (tertiary alicyclic amines) is 1. The predicted molar refractivity (Wildman–Crippen MR) is 86.9 cm³/mol. The Labute approximate surface area is 125 Å². The SMILES string of the molecule is CCCCCC(CC)[N+]1(C2N=CCCN2)CCCC1C. The molecule has 2 heterocycles. The van der Waals surface area contributed by atoms with Crippen molar-refractivity contribution < 1.29 is 4.48 Å². The summed E-state index contributed by atoms with van der Waals surface area (Å²) in [4.78, 5) is 4.87. The Balaban J connectivity index is 2.16. The first-order valence-electron chi connectivity index (χ1n) is 8.87. The first-order chi connectivity index (χ1) is 9.75. The molecule has 0 spiro atoms. The number of aliphatic imine (C=N–C) groups is 1. The number of hydrogen-bond acceptors (Lipinski definition) is 2. The molecule has 0 aromatic carbocycles. The molecular weight excluding hydrogens is 246 g/mol. The summed E-state index contributed by atoms with van der Waals surface area (Å²) in [5, 5.41) is 3.71. The highest BCUT2D eigenvalue weighted by molar-refractivity contribution is 5.58. The molecule has 0 aromatic rings. The average molecular weight is 280 g/mol. The van der Waals surface area contributed by atoms with Crippen LogP contribution in [0.15, 0.2) is 4.99 Å². The zero-order chi connectivity index (χ0) is 14.4. The maximum Gasteiger partial charge on any atom is 0.240 e. The van der Waals surface area contributed by atoms with Crippen LogP contribution in [-0.4, -0.2) is 42.2 Å². The Morgan fingerprint density at radius 3 is 2.75 bits per heavy atom. The molecule has 0 aromatic heterocycles. The number of rotatable bonds is 7. The van der Waals surface area contributed by atoms with Crippen molar-refractivity contribution in [3.8, 4) is 0 Å². The van der Waals surface area contributed by atoms with Gasteiger partial charge in [-0.15, -0.1) is 0 Å². The number of unbranched alkanes of at least 4 members (excludes halogenated alkanes) is 2. The van der Waals surface area contributed by atoms with Gasteiger partial charge in [0.1, 0.15) is 0 Å². The summed E-state index contributed by atoms with van der Waals surface area (Å²) < 4.78 is 1.22. The lowest BCUT2D eigenvalue weighted by Crippen LogP contribution is -2.67. The fourth-order valence-corrected chi connectivity index (χ4v) is 4.44. The van der Waals surface area contributed by atoms with E-state index >= 15 is 0 Å². The lowest BCUT2D eigenvalue weighted by molar-refractivity contribution is -0.985. The van der Waals surface area contributed by atoms with Crippen LogP contribution in [0.25, 0.3) is 0 Å². The third-order valence-corrected chi connectivity index (χ3v) is 5.58. The van der Waals surface area contributed by atoms with Gasteiger partial charge in [-0.1, -0.05) is 26.7 Å². The van der Waals surface area contributed by atoms with Crippen molar-refractivity contribution >= 4 is 6.21 Å². The number of quaternary nitrogens is 1. The second kappa shape index (κ2) is 7.56. The summed E-state index contributed by atoms with van der Waals surface area (Å²) in [6.45, 7) is 9.57. The van der Waals surface area contributed by atoms with Crippen LogP contribution in [0.5, 0.6) is 0 Å². The molecule has 2 aliphatic heterocycles. The Kier molecular flexibility index (Phi) is 6.03. The molecule has 1 N–H and O–H groups in total. The molecule has 3 nitrogen and oxygen atoms in total.